The monoisotopic (exact) mass is 388 g/mol. The Labute approximate surface area is 160 Å². The van der Waals surface area contributed by atoms with Gasteiger partial charge in [-0.15, -0.1) is 10.2 Å². The van der Waals surface area contributed by atoms with Crippen LogP contribution in [-0.4, -0.2) is 37.5 Å². The third kappa shape index (κ3) is 3.52. The van der Waals surface area contributed by atoms with Crippen LogP contribution in [0.1, 0.15) is 25.7 Å². The van der Waals surface area contributed by atoms with Crippen molar-refractivity contribution in [3.63, 3.8) is 0 Å². The first-order valence-electron chi connectivity index (χ1n) is 8.76. The van der Waals surface area contributed by atoms with Gasteiger partial charge in [-0.05, 0) is 43.9 Å². The maximum absolute atomic E-state index is 14.5. The molecular weight excluding hydrogens is 371 g/mol. The second-order valence-electron chi connectivity index (χ2n) is 6.76. The van der Waals surface area contributed by atoms with Gasteiger partial charge in [0, 0.05) is 34.2 Å². The lowest BCUT2D eigenvalue weighted by Gasteiger charge is -2.27. The van der Waals surface area contributed by atoms with E-state index in [2.05, 4.69) is 20.5 Å². The molecule has 1 fully saturated rings. The predicted octanol–water partition coefficient (Wildman–Crippen LogP) is 3.91. The summed E-state index contributed by atoms with van der Waals surface area (Å²) in [6.45, 7) is 0. The number of fused-ring (bicyclic) bond motifs is 1. The summed E-state index contributed by atoms with van der Waals surface area (Å²) in [7, 11) is 0. The van der Waals surface area contributed by atoms with Crippen LogP contribution in [0.3, 0.4) is 0 Å². The standard InChI is InChI=1S/C19H18ClFN4O2/c20-10-6-15(21)17(16(27)7-10)18-13-4-5-22-9-14(13)19(25-24-18)23-11-2-1-3-12(26)8-11/h4-7,9,11-12,26-27H,1-3,8H2,(H,23,25)/t11-,12-/m1/s1. The molecule has 6 nitrogen and oxygen atoms in total. The highest BCUT2D eigenvalue weighted by Gasteiger charge is 2.23. The quantitative estimate of drug-likeness (QED) is 0.630. The molecule has 2 aromatic heterocycles. The number of aliphatic hydroxyl groups is 1. The van der Waals surface area contributed by atoms with Crippen LogP contribution in [0, 0.1) is 5.82 Å². The van der Waals surface area contributed by atoms with E-state index < -0.39 is 5.82 Å². The van der Waals surface area contributed by atoms with Crippen molar-refractivity contribution in [3.8, 4) is 17.0 Å². The van der Waals surface area contributed by atoms with Crippen LogP contribution in [0.2, 0.25) is 5.02 Å². The van der Waals surface area contributed by atoms with Gasteiger partial charge in [-0.25, -0.2) is 4.39 Å². The number of halogens is 2. The summed E-state index contributed by atoms with van der Waals surface area (Å²) in [5, 5.41) is 33.1. The van der Waals surface area contributed by atoms with Crippen molar-refractivity contribution in [1.82, 2.24) is 15.2 Å². The van der Waals surface area contributed by atoms with Crippen molar-refractivity contribution in [2.75, 3.05) is 5.32 Å². The SMILES string of the molecule is Oc1cc(Cl)cc(F)c1-c1nnc(N[C@@H]2CCC[C@@H](O)C2)c2cnccc12. The van der Waals surface area contributed by atoms with E-state index in [-0.39, 0.29) is 34.2 Å². The minimum atomic E-state index is -0.677. The summed E-state index contributed by atoms with van der Waals surface area (Å²) in [5.41, 5.74) is 0.163. The molecular formula is C19H18ClFN4O2. The van der Waals surface area contributed by atoms with Crippen LogP contribution in [0.4, 0.5) is 10.2 Å². The van der Waals surface area contributed by atoms with E-state index in [1.54, 1.807) is 18.5 Å². The molecule has 0 amide bonds. The number of phenolic OH excluding ortho intramolecular Hbond substituents is 1. The van der Waals surface area contributed by atoms with Crippen molar-refractivity contribution in [1.29, 1.82) is 0 Å². The van der Waals surface area contributed by atoms with Gasteiger partial charge in [-0.2, -0.15) is 0 Å². The molecule has 0 bridgehead atoms. The molecule has 0 spiro atoms. The third-order valence-electron chi connectivity index (χ3n) is 4.84. The van der Waals surface area contributed by atoms with Crippen LogP contribution in [0.5, 0.6) is 5.75 Å². The Kier molecular flexibility index (Phi) is 4.80. The summed E-state index contributed by atoms with van der Waals surface area (Å²) < 4.78 is 14.5. The molecule has 1 aliphatic carbocycles. The van der Waals surface area contributed by atoms with E-state index in [0.717, 1.165) is 25.3 Å². The zero-order valence-electron chi connectivity index (χ0n) is 14.4. The second kappa shape index (κ2) is 7.25. The van der Waals surface area contributed by atoms with E-state index in [0.29, 0.717) is 23.0 Å². The molecule has 0 radical (unpaired) electrons. The fraction of sp³-hybridized carbons (Fsp3) is 0.316. The number of hydrogen-bond acceptors (Lipinski definition) is 6. The highest BCUT2D eigenvalue weighted by Crippen LogP contribution is 2.38. The molecule has 2 atom stereocenters. The largest absolute Gasteiger partial charge is 0.507 e. The van der Waals surface area contributed by atoms with E-state index in [1.165, 1.54) is 6.07 Å². The van der Waals surface area contributed by atoms with Gasteiger partial charge in [0.05, 0.1) is 11.7 Å². The summed E-state index contributed by atoms with van der Waals surface area (Å²) in [6.07, 6.45) is 6.18. The Bertz CT molecular complexity index is 978. The van der Waals surface area contributed by atoms with E-state index in [9.17, 15) is 14.6 Å². The maximum atomic E-state index is 14.5. The summed E-state index contributed by atoms with van der Waals surface area (Å²) >= 11 is 5.80. The molecule has 1 aliphatic rings. The lowest BCUT2D eigenvalue weighted by atomic mass is 9.93. The first-order valence-corrected chi connectivity index (χ1v) is 9.14. The number of nitrogens with one attached hydrogen (secondary N) is 1. The fourth-order valence-corrected chi connectivity index (χ4v) is 3.77. The van der Waals surface area contributed by atoms with Gasteiger partial charge in [0.25, 0.3) is 0 Å². The number of phenols is 1. The molecule has 3 aromatic rings. The number of aromatic hydroxyl groups is 1. The smallest absolute Gasteiger partial charge is 0.158 e. The molecule has 140 valence electrons. The van der Waals surface area contributed by atoms with Crippen LogP contribution in [-0.2, 0) is 0 Å². The Hall–Kier alpha value is -2.51. The zero-order chi connectivity index (χ0) is 19.0. The Morgan fingerprint density at radius 2 is 2.04 bits per heavy atom. The minimum absolute atomic E-state index is 0.0530. The summed E-state index contributed by atoms with van der Waals surface area (Å²) in [5.74, 6) is -0.457. The number of hydrogen-bond donors (Lipinski definition) is 3. The van der Waals surface area contributed by atoms with Gasteiger partial charge in [-0.1, -0.05) is 11.6 Å². The second-order valence-corrected chi connectivity index (χ2v) is 7.20. The molecule has 2 heterocycles. The van der Waals surface area contributed by atoms with Crippen molar-refractivity contribution >= 4 is 28.2 Å². The van der Waals surface area contributed by atoms with Gasteiger partial charge in [0.15, 0.2) is 5.82 Å². The van der Waals surface area contributed by atoms with Crippen LogP contribution >= 0.6 is 11.6 Å². The van der Waals surface area contributed by atoms with Crippen molar-refractivity contribution < 1.29 is 14.6 Å². The first kappa shape index (κ1) is 17.9. The van der Waals surface area contributed by atoms with Gasteiger partial charge in [0.1, 0.15) is 17.3 Å². The average Bonchev–Trinajstić information content (AvgIpc) is 2.62. The van der Waals surface area contributed by atoms with Crippen LogP contribution < -0.4 is 5.32 Å². The Morgan fingerprint density at radius 3 is 2.81 bits per heavy atom. The zero-order valence-corrected chi connectivity index (χ0v) is 15.1. The number of rotatable bonds is 3. The number of benzene rings is 1. The normalized spacial score (nSPS) is 20.0. The van der Waals surface area contributed by atoms with Gasteiger partial charge in [0.2, 0.25) is 0 Å². The minimum Gasteiger partial charge on any atom is -0.507 e. The lowest BCUT2D eigenvalue weighted by Crippen LogP contribution is -2.30. The van der Waals surface area contributed by atoms with E-state index in [1.807, 2.05) is 0 Å². The number of aromatic nitrogens is 3. The topological polar surface area (TPSA) is 91.2 Å². The van der Waals surface area contributed by atoms with Crippen LogP contribution in [0.15, 0.2) is 30.6 Å². The third-order valence-corrected chi connectivity index (χ3v) is 5.06. The molecule has 3 N–H and O–H groups in total. The summed E-state index contributed by atoms with van der Waals surface area (Å²) in [6, 6.07) is 4.18. The number of anilines is 1. The van der Waals surface area contributed by atoms with E-state index >= 15 is 0 Å². The number of nitrogens with zero attached hydrogens (tertiary/aromatic N) is 3. The highest BCUT2D eigenvalue weighted by atomic mass is 35.5. The first-order chi connectivity index (χ1) is 13.0. The van der Waals surface area contributed by atoms with Crippen molar-refractivity contribution in [2.24, 2.45) is 0 Å². The predicted molar refractivity (Wildman–Crippen MR) is 101 cm³/mol. The van der Waals surface area contributed by atoms with Gasteiger partial charge >= 0.3 is 0 Å². The highest BCUT2D eigenvalue weighted by molar-refractivity contribution is 6.30. The molecule has 0 unspecified atom stereocenters. The van der Waals surface area contributed by atoms with Gasteiger partial charge < -0.3 is 15.5 Å². The molecule has 0 saturated heterocycles. The summed E-state index contributed by atoms with van der Waals surface area (Å²) in [4.78, 5) is 4.14. The maximum Gasteiger partial charge on any atom is 0.158 e. The molecule has 27 heavy (non-hydrogen) atoms. The molecule has 1 saturated carbocycles. The molecule has 8 heteroatoms. The fourth-order valence-electron chi connectivity index (χ4n) is 3.57. The number of pyridine rings is 1. The number of aliphatic hydroxyl groups excluding tert-OH is 1. The lowest BCUT2D eigenvalue weighted by molar-refractivity contribution is 0.124. The molecule has 4 rings (SSSR count). The average molecular weight is 389 g/mol. The molecule has 1 aromatic carbocycles. The molecule has 0 aliphatic heterocycles. The Morgan fingerprint density at radius 1 is 1.19 bits per heavy atom. The van der Waals surface area contributed by atoms with E-state index in [4.69, 9.17) is 11.6 Å². The van der Waals surface area contributed by atoms with Crippen molar-refractivity contribution in [2.45, 2.75) is 37.8 Å². The van der Waals surface area contributed by atoms with Crippen LogP contribution in [0.25, 0.3) is 22.0 Å². The Balaban J connectivity index is 1.79. The van der Waals surface area contributed by atoms with Crippen molar-refractivity contribution in [3.05, 3.63) is 41.4 Å². The van der Waals surface area contributed by atoms with Gasteiger partial charge in [-0.3, -0.25) is 4.98 Å².